The molecule has 9 nitrogen and oxygen atoms in total. The Hall–Kier alpha value is -3.95. The maximum atomic E-state index is 14.9. The van der Waals surface area contributed by atoms with E-state index in [4.69, 9.17) is 9.47 Å². The fourth-order valence-electron chi connectivity index (χ4n) is 8.23. The molecule has 0 aliphatic carbocycles. The number of benzene rings is 2. The molecular formula is C39H51N3O6. The van der Waals surface area contributed by atoms with Gasteiger partial charge in [0.2, 0.25) is 17.7 Å². The minimum atomic E-state index is -1.21. The SMILES string of the molecule is C=CCN(CCCCC)C(=O)C1N([C@@H](CO)Cc2ccccc2)C(=O)[C@@H]2[C@@H](C(=O)N(CC=C)c3ccc(OCC)cc3)[C@@]3(C)CCC12O3. The number of ether oxygens (including phenoxy) is 2. The third-order valence-corrected chi connectivity index (χ3v) is 10.4. The van der Waals surface area contributed by atoms with Crippen LogP contribution in [0.1, 0.15) is 58.4 Å². The summed E-state index contributed by atoms with van der Waals surface area (Å²) in [5.41, 5.74) is -0.569. The molecule has 0 aromatic heterocycles. The van der Waals surface area contributed by atoms with E-state index in [-0.39, 0.29) is 30.9 Å². The molecule has 1 spiro atoms. The Morgan fingerprint density at radius 1 is 1.04 bits per heavy atom. The van der Waals surface area contributed by atoms with Crippen molar-refractivity contribution in [1.82, 2.24) is 9.80 Å². The van der Waals surface area contributed by atoms with E-state index in [0.29, 0.717) is 50.4 Å². The summed E-state index contributed by atoms with van der Waals surface area (Å²) in [5.74, 6) is -1.82. The minimum Gasteiger partial charge on any atom is -0.494 e. The highest BCUT2D eigenvalue weighted by Gasteiger charge is 2.78. The zero-order valence-electron chi connectivity index (χ0n) is 28.7. The molecule has 3 amide bonds. The number of unbranched alkanes of at least 4 members (excludes halogenated alkanes) is 2. The van der Waals surface area contributed by atoms with Crippen molar-refractivity contribution in [2.24, 2.45) is 11.8 Å². The second-order valence-corrected chi connectivity index (χ2v) is 13.4. The molecule has 1 N–H and O–H groups in total. The molecule has 2 aromatic carbocycles. The molecule has 3 aliphatic heterocycles. The van der Waals surface area contributed by atoms with Gasteiger partial charge < -0.3 is 29.3 Å². The number of aliphatic hydroxyl groups excluding tert-OH is 1. The second kappa shape index (κ2) is 15.1. The molecule has 0 radical (unpaired) electrons. The maximum Gasteiger partial charge on any atom is 0.248 e. The number of rotatable bonds is 17. The van der Waals surface area contributed by atoms with Gasteiger partial charge in [-0.1, -0.05) is 62.2 Å². The first-order chi connectivity index (χ1) is 23.2. The van der Waals surface area contributed by atoms with Gasteiger partial charge in [0.05, 0.1) is 36.7 Å². The molecule has 2 aromatic rings. The van der Waals surface area contributed by atoms with E-state index in [1.54, 1.807) is 26.9 Å². The molecule has 3 heterocycles. The molecule has 3 saturated heterocycles. The van der Waals surface area contributed by atoms with E-state index in [2.05, 4.69) is 20.1 Å². The maximum absolute atomic E-state index is 14.9. The Bertz CT molecular complexity index is 1460. The fraction of sp³-hybridized carbons (Fsp3) is 0.513. The minimum absolute atomic E-state index is 0.222. The first-order valence-electron chi connectivity index (χ1n) is 17.4. The largest absolute Gasteiger partial charge is 0.494 e. The Labute approximate surface area is 285 Å². The summed E-state index contributed by atoms with van der Waals surface area (Å²) in [6.07, 6.45) is 7.50. The lowest BCUT2D eigenvalue weighted by Crippen LogP contribution is -2.59. The van der Waals surface area contributed by atoms with Crippen LogP contribution in [0.4, 0.5) is 5.69 Å². The summed E-state index contributed by atoms with van der Waals surface area (Å²) >= 11 is 0. The molecular weight excluding hydrogens is 606 g/mol. The van der Waals surface area contributed by atoms with Crippen LogP contribution >= 0.6 is 0 Å². The predicted octanol–water partition coefficient (Wildman–Crippen LogP) is 5.18. The number of amides is 3. The zero-order chi connectivity index (χ0) is 34.5. The van der Waals surface area contributed by atoms with Crippen LogP contribution < -0.4 is 9.64 Å². The van der Waals surface area contributed by atoms with E-state index in [1.807, 2.05) is 68.4 Å². The molecule has 3 aliphatic rings. The Morgan fingerprint density at radius 2 is 1.75 bits per heavy atom. The second-order valence-electron chi connectivity index (χ2n) is 13.4. The number of fused-ring (bicyclic) bond motifs is 1. The van der Waals surface area contributed by atoms with E-state index in [1.165, 1.54) is 0 Å². The van der Waals surface area contributed by atoms with Gasteiger partial charge in [-0.25, -0.2) is 0 Å². The van der Waals surface area contributed by atoms with Crippen LogP contribution in [0.15, 0.2) is 79.9 Å². The highest BCUT2D eigenvalue weighted by molar-refractivity contribution is 6.03. The molecule has 9 heteroatoms. The van der Waals surface area contributed by atoms with Gasteiger partial charge in [-0.2, -0.15) is 0 Å². The highest BCUT2D eigenvalue weighted by atomic mass is 16.5. The van der Waals surface area contributed by atoms with E-state index >= 15 is 0 Å². The molecule has 3 fully saturated rings. The quantitative estimate of drug-likeness (QED) is 0.186. The number of likely N-dealkylation sites (tertiary alicyclic amines) is 1. The van der Waals surface area contributed by atoms with Crippen LogP contribution in [-0.4, -0.2) is 88.8 Å². The summed E-state index contributed by atoms with van der Waals surface area (Å²) < 4.78 is 12.6. The van der Waals surface area contributed by atoms with Gasteiger partial charge in [-0.3, -0.25) is 14.4 Å². The number of hydrogen-bond acceptors (Lipinski definition) is 6. The van der Waals surface area contributed by atoms with Gasteiger partial charge in [0, 0.05) is 25.3 Å². The van der Waals surface area contributed by atoms with Gasteiger partial charge in [-0.15, -0.1) is 13.2 Å². The van der Waals surface area contributed by atoms with Crippen molar-refractivity contribution < 1.29 is 29.0 Å². The van der Waals surface area contributed by atoms with Gasteiger partial charge in [0.15, 0.2) is 0 Å². The lowest BCUT2D eigenvalue weighted by molar-refractivity contribution is -0.154. The zero-order valence-corrected chi connectivity index (χ0v) is 28.7. The fourth-order valence-corrected chi connectivity index (χ4v) is 8.23. The smallest absolute Gasteiger partial charge is 0.248 e. The molecule has 6 atom stereocenters. The summed E-state index contributed by atoms with van der Waals surface area (Å²) in [6, 6.07) is 15.3. The molecule has 48 heavy (non-hydrogen) atoms. The van der Waals surface area contributed by atoms with Gasteiger partial charge in [0.25, 0.3) is 0 Å². The number of aliphatic hydroxyl groups is 1. The molecule has 258 valence electrons. The van der Waals surface area contributed by atoms with Crippen LogP contribution in [0.3, 0.4) is 0 Å². The van der Waals surface area contributed by atoms with Gasteiger partial charge in [0.1, 0.15) is 17.4 Å². The first-order valence-corrected chi connectivity index (χ1v) is 17.4. The van der Waals surface area contributed by atoms with Gasteiger partial charge >= 0.3 is 0 Å². The third-order valence-electron chi connectivity index (χ3n) is 10.4. The number of nitrogens with zero attached hydrogens (tertiary/aromatic N) is 3. The Balaban J connectivity index is 1.58. The topological polar surface area (TPSA) is 99.6 Å². The van der Waals surface area contributed by atoms with Gasteiger partial charge in [-0.05, 0) is 69.4 Å². The average molecular weight is 658 g/mol. The summed E-state index contributed by atoms with van der Waals surface area (Å²) in [4.78, 5) is 49.5. The standard InChI is InChI=1S/C39H51N3O6/c1-6-10-14-25-40(23-7-2)37(46)34-39-22-21-38(5,48-39)32(35(44)41(24-8-3)29-17-19-31(20-18-29)47-9-4)33(39)36(45)42(34)30(27-43)26-28-15-12-11-13-16-28/h7-8,11-13,15-20,30,32-34,43H,2-3,6,9-10,14,21-27H2,1,4-5H3/t30-,32+,33+,34?,38-,39?/m1/s1. The van der Waals surface area contributed by atoms with Crippen LogP contribution in [0.2, 0.25) is 0 Å². The highest BCUT2D eigenvalue weighted by Crippen LogP contribution is 2.64. The van der Waals surface area contributed by atoms with Crippen molar-refractivity contribution in [1.29, 1.82) is 0 Å². The Kier molecular flexibility index (Phi) is 11.1. The number of carbonyl (C=O) groups is 3. The van der Waals surface area contributed by atoms with E-state index in [9.17, 15) is 19.5 Å². The number of carbonyl (C=O) groups excluding carboxylic acids is 3. The third kappa shape index (κ3) is 6.42. The van der Waals surface area contributed by atoms with E-state index in [0.717, 1.165) is 24.8 Å². The van der Waals surface area contributed by atoms with Crippen molar-refractivity contribution in [3.05, 3.63) is 85.5 Å². The van der Waals surface area contributed by atoms with Crippen molar-refractivity contribution in [2.45, 2.75) is 82.6 Å². The van der Waals surface area contributed by atoms with Crippen molar-refractivity contribution in [3.63, 3.8) is 0 Å². The summed E-state index contributed by atoms with van der Waals surface area (Å²) in [7, 11) is 0. The van der Waals surface area contributed by atoms with E-state index < -0.39 is 35.1 Å². The number of hydrogen-bond donors (Lipinski definition) is 1. The number of anilines is 1. The Morgan fingerprint density at radius 3 is 2.38 bits per heavy atom. The lowest BCUT2D eigenvalue weighted by atomic mass is 9.66. The van der Waals surface area contributed by atoms with Crippen LogP contribution in [-0.2, 0) is 25.5 Å². The monoisotopic (exact) mass is 657 g/mol. The van der Waals surface area contributed by atoms with Crippen molar-refractivity contribution >= 4 is 23.4 Å². The molecule has 2 unspecified atom stereocenters. The molecule has 5 rings (SSSR count). The lowest BCUT2D eigenvalue weighted by Gasteiger charge is -2.39. The summed E-state index contributed by atoms with van der Waals surface area (Å²) in [6.45, 7) is 15.0. The van der Waals surface area contributed by atoms with Crippen LogP contribution in [0.25, 0.3) is 0 Å². The van der Waals surface area contributed by atoms with Crippen LogP contribution in [0.5, 0.6) is 5.75 Å². The normalized spacial score (nSPS) is 26.2. The van der Waals surface area contributed by atoms with Crippen LogP contribution in [0, 0.1) is 11.8 Å². The van der Waals surface area contributed by atoms with Crippen molar-refractivity contribution in [3.8, 4) is 5.75 Å². The molecule has 2 bridgehead atoms. The average Bonchev–Trinajstić information content (AvgIpc) is 3.66. The van der Waals surface area contributed by atoms with Crippen molar-refractivity contribution in [2.75, 3.05) is 37.7 Å². The molecule has 0 saturated carbocycles. The predicted molar refractivity (Wildman–Crippen MR) is 187 cm³/mol. The summed E-state index contributed by atoms with van der Waals surface area (Å²) in [5, 5.41) is 10.8. The first kappa shape index (κ1) is 35.4.